The highest BCUT2D eigenvalue weighted by Crippen LogP contribution is 2.41. The summed E-state index contributed by atoms with van der Waals surface area (Å²) in [5, 5.41) is 2.50. The quantitative estimate of drug-likeness (QED) is 0.707. The molecule has 3 rings (SSSR count). The fraction of sp³-hybridized carbons (Fsp3) is 0.571. The summed E-state index contributed by atoms with van der Waals surface area (Å²) in [7, 11) is 1.61. The van der Waals surface area contributed by atoms with Gasteiger partial charge in [-0.1, -0.05) is 31.9 Å². The Morgan fingerprint density at radius 2 is 2.12 bits per heavy atom. The summed E-state index contributed by atoms with van der Waals surface area (Å²) in [6, 6.07) is 5.80. The molecule has 3 unspecified atom stereocenters. The minimum Gasteiger partial charge on any atom is -0.489 e. The Bertz CT molecular complexity index is 767. The minimum atomic E-state index is -0.0704. The Balaban J connectivity index is 1.77. The lowest BCUT2D eigenvalue weighted by Gasteiger charge is -2.34. The second-order valence-electron chi connectivity index (χ2n) is 7.41. The second kappa shape index (κ2) is 8.01. The molecule has 0 saturated heterocycles. The maximum absolute atomic E-state index is 6.70. The number of hydrogen-bond acceptors (Lipinski definition) is 4. The van der Waals surface area contributed by atoms with Crippen molar-refractivity contribution < 1.29 is 9.47 Å². The largest absolute Gasteiger partial charge is 0.489 e. The molecule has 1 aliphatic rings. The first-order valence-corrected chi connectivity index (χ1v) is 9.96. The average molecular weight is 377 g/mol. The molecule has 1 heterocycles. The SMILES string of the molecule is CCCC(N)(CC)C1CCC(Oc2cc3ccnc(OC)c3cc2Cl)C1. The molecule has 4 nitrogen and oxygen atoms in total. The summed E-state index contributed by atoms with van der Waals surface area (Å²) >= 11 is 6.48. The topological polar surface area (TPSA) is 57.4 Å². The van der Waals surface area contributed by atoms with E-state index in [0.717, 1.165) is 55.0 Å². The van der Waals surface area contributed by atoms with Crippen LogP contribution in [0, 0.1) is 5.92 Å². The number of methoxy groups -OCH3 is 1. The zero-order valence-electron chi connectivity index (χ0n) is 15.9. The van der Waals surface area contributed by atoms with E-state index >= 15 is 0 Å². The summed E-state index contributed by atoms with van der Waals surface area (Å²) < 4.78 is 11.6. The zero-order valence-corrected chi connectivity index (χ0v) is 16.7. The first-order chi connectivity index (χ1) is 12.5. The number of ether oxygens (including phenoxy) is 2. The molecule has 3 atom stereocenters. The van der Waals surface area contributed by atoms with Crippen LogP contribution in [0.1, 0.15) is 52.4 Å². The Morgan fingerprint density at radius 1 is 1.31 bits per heavy atom. The van der Waals surface area contributed by atoms with E-state index in [0.29, 0.717) is 16.8 Å². The summed E-state index contributed by atoms with van der Waals surface area (Å²) in [4.78, 5) is 4.23. The molecule has 1 aromatic heterocycles. The summed E-state index contributed by atoms with van der Waals surface area (Å²) in [6.07, 6.45) is 8.27. The molecule has 26 heavy (non-hydrogen) atoms. The van der Waals surface area contributed by atoms with E-state index in [1.165, 1.54) is 0 Å². The van der Waals surface area contributed by atoms with Crippen molar-refractivity contribution >= 4 is 22.4 Å². The molecule has 142 valence electrons. The number of rotatable bonds is 7. The number of pyridine rings is 1. The summed E-state index contributed by atoms with van der Waals surface area (Å²) in [6.45, 7) is 4.41. The predicted molar refractivity (Wildman–Crippen MR) is 107 cm³/mol. The van der Waals surface area contributed by atoms with Crippen LogP contribution in [0.25, 0.3) is 10.8 Å². The van der Waals surface area contributed by atoms with Crippen molar-refractivity contribution in [3.63, 3.8) is 0 Å². The van der Waals surface area contributed by atoms with E-state index in [1.807, 2.05) is 18.2 Å². The molecule has 1 fully saturated rings. The van der Waals surface area contributed by atoms with E-state index in [-0.39, 0.29) is 11.6 Å². The van der Waals surface area contributed by atoms with E-state index in [4.69, 9.17) is 26.8 Å². The molecule has 0 spiro atoms. The van der Waals surface area contributed by atoms with Crippen LogP contribution in [-0.2, 0) is 0 Å². The third kappa shape index (κ3) is 3.77. The number of halogens is 1. The number of hydrogen-bond donors (Lipinski definition) is 1. The highest BCUT2D eigenvalue weighted by molar-refractivity contribution is 6.33. The molecule has 1 aliphatic carbocycles. The van der Waals surface area contributed by atoms with Crippen molar-refractivity contribution in [2.45, 2.75) is 64.0 Å². The third-order valence-electron chi connectivity index (χ3n) is 5.84. The van der Waals surface area contributed by atoms with Crippen molar-refractivity contribution in [3.8, 4) is 11.6 Å². The second-order valence-corrected chi connectivity index (χ2v) is 7.82. The van der Waals surface area contributed by atoms with Crippen LogP contribution >= 0.6 is 11.6 Å². The Labute approximate surface area is 161 Å². The van der Waals surface area contributed by atoms with E-state index in [1.54, 1.807) is 13.3 Å². The van der Waals surface area contributed by atoms with Gasteiger partial charge in [-0.2, -0.15) is 0 Å². The highest BCUT2D eigenvalue weighted by Gasteiger charge is 2.39. The lowest BCUT2D eigenvalue weighted by Crippen LogP contribution is -2.46. The van der Waals surface area contributed by atoms with Crippen molar-refractivity contribution in [2.24, 2.45) is 11.7 Å². The van der Waals surface area contributed by atoms with Gasteiger partial charge in [0.25, 0.3) is 0 Å². The smallest absolute Gasteiger partial charge is 0.221 e. The number of nitrogens with two attached hydrogens (primary N) is 1. The number of benzene rings is 1. The first-order valence-electron chi connectivity index (χ1n) is 9.58. The van der Waals surface area contributed by atoms with Crippen LogP contribution < -0.4 is 15.2 Å². The van der Waals surface area contributed by atoms with Crippen molar-refractivity contribution in [1.82, 2.24) is 4.98 Å². The van der Waals surface area contributed by atoms with Gasteiger partial charge in [0.05, 0.1) is 18.2 Å². The molecule has 0 bridgehead atoms. The molecule has 2 aromatic rings. The zero-order chi connectivity index (χ0) is 18.7. The van der Waals surface area contributed by atoms with Gasteiger partial charge in [-0.3, -0.25) is 0 Å². The molecular weight excluding hydrogens is 348 g/mol. The third-order valence-corrected chi connectivity index (χ3v) is 6.13. The monoisotopic (exact) mass is 376 g/mol. The Hall–Kier alpha value is -1.52. The average Bonchev–Trinajstić information content (AvgIpc) is 3.11. The van der Waals surface area contributed by atoms with Gasteiger partial charge in [0.1, 0.15) is 5.75 Å². The number of aromatic nitrogens is 1. The maximum atomic E-state index is 6.70. The van der Waals surface area contributed by atoms with Gasteiger partial charge in [0.15, 0.2) is 0 Å². The standard InChI is InChI=1S/C21H29ClN2O2/c1-4-9-21(23,5-2)15-6-7-16(12-15)26-19-11-14-8-10-24-20(25-3)17(14)13-18(19)22/h8,10-11,13,15-16H,4-7,9,12,23H2,1-3H3. The normalized spacial score (nSPS) is 22.3. The Kier molecular flexibility index (Phi) is 5.93. The van der Waals surface area contributed by atoms with Crippen LogP contribution in [0.15, 0.2) is 24.4 Å². The lowest BCUT2D eigenvalue weighted by molar-refractivity contribution is 0.181. The molecule has 1 aromatic carbocycles. The Morgan fingerprint density at radius 3 is 2.81 bits per heavy atom. The fourth-order valence-electron chi connectivity index (χ4n) is 4.28. The lowest BCUT2D eigenvalue weighted by atomic mass is 9.78. The fourth-order valence-corrected chi connectivity index (χ4v) is 4.49. The first kappa shape index (κ1) is 19.2. The van der Waals surface area contributed by atoms with Crippen LogP contribution in [0.2, 0.25) is 5.02 Å². The molecule has 0 amide bonds. The summed E-state index contributed by atoms with van der Waals surface area (Å²) in [5.41, 5.74) is 6.63. The number of fused-ring (bicyclic) bond motifs is 1. The van der Waals surface area contributed by atoms with Crippen LogP contribution in [-0.4, -0.2) is 23.7 Å². The summed E-state index contributed by atoms with van der Waals surface area (Å²) in [5.74, 6) is 1.82. The molecular formula is C21H29ClN2O2. The van der Waals surface area contributed by atoms with Gasteiger partial charge in [0, 0.05) is 17.1 Å². The van der Waals surface area contributed by atoms with Gasteiger partial charge in [-0.05, 0) is 61.6 Å². The van der Waals surface area contributed by atoms with Crippen molar-refractivity contribution in [3.05, 3.63) is 29.4 Å². The predicted octanol–water partition coefficient (Wildman–Crippen LogP) is 5.35. The molecule has 0 radical (unpaired) electrons. The van der Waals surface area contributed by atoms with E-state index in [9.17, 15) is 0 Å². The van der Waals surface area contributed by atoms with Crippen LogP contribution in [0.3, 0.4) is 0 Å². The van der Waals surface area contributed by atoms with Gasteiger partial charge in [-0.15, -0.1) is 0 Å². The highest BCUT2D eigenvalue weighted by atomic mass is 35.5. The molecule has 1 saturated carbocycles. The molecule has 2 N–H and O–H groups in total. The van der Waals surface area contributed by atoms with Gasteiger partial charge < -0.3 is 15.2 Å². The minimum absolute atomic E-state index is 0.0704. The van der Waals surface area contributed by atoms with E-state index in [2.05, 4.69) is 18.8 Å². The van der Waals surface area contributed by atoms with Crippen LogP contribution in [0.5, 0.6) is 11.6 Å². The van der Waals surface area contributed by atoms with Gasteiger partial charge in [0.2, 0.25) is 5.88 Å². The van der Waals surface area contributed by atoms with Crippen molar-refractivity contribution in [2.75, 3.05) is 7.11 Å². The van der Waals surface area contributed by atoms with Gasteiger partial charge >= 0.3 is 0 Å². The molecule has 5 heteroatoms. The van der Waals surface area contributed by atoms with Crippen LogP contribution in [0.4, 0.5) is 0 Å². The van der Waals surface area contributed by atoms with Crippen molar-refractivity contribution in [1.29, 1.82) is 0 Å². The number of nitrogens with zero attached hydrogens (tertiary/aromatic N) is 1. The van der Waals surface area contributed by atoms with Gasteiger partial charge in [-0.25, -0.2) is 4.98 Å². The molecule has 0 aliphatic heterocycles. The maximum Gasteiger partial charge on any atom is 0.221 e. The van der Waals surface area contributed by atoms with E-state index < -0.39 is 0 Å².